The molecule has 0 aromatic carbocycles. The summed E-state index contributed by atoms with van der Waals surface area (Å²) >= 11 is 0. The van der Waals surface area contributed by atoms with Gasteiger partial charge in [0.25, 0.3) is 0 Å². The van der Waals surface area contributed by atoms with Gasteiger partial charge in [-0.25, -0.2) is 0 Å². The summed E-state index contributed by atoms with van der Waals surface area (Å²) in [5.74, 6) is 0. The number of rotatable bonds is 3. The highest BCUT2D eigenvalue weighted by molar-refractivity contribution is 5.85. The molecule has 2 N–H and O–H groups in total. The van der Waals surface area contributed by atoms with Gasteiger partial charge in [-0.2, -0.15) is 5.26 Å². The molecule has 0 saturated carbocycles. The van der Waals surface area contributed by atoms with Crippen LogP contribution in [0.4, 0.5) is 0 Å². The predicted molar refractivity (Wildman–Crippen MR) is 40.4 cm³/mol. The van der Waals surface area contributed by atoms with Crippen molar-refractivity contribution in [3.63, 3.8) is 0 Å². The summed E-state index contributed by atoms with van der Waals surface area (Å²) < 4.78 is 0. The van der Waals surface area contributed by atoms with Gasteiger partial charge in [-0.05, 0) is 6.42 Å². The van der Waals surface area contributed by atoms with E-state index >= 15 is 0 Å². The SMILES string of the molecule is CCCC(N)CC#N.Cl. The van der Waals surface area contributed by atoms with Crippen molar-refractivity contribution in [1.82, 2.24) is 0 Å². The highest BCUT2D eigenvalue weighted by atomic mass is 35.5. The van der Waals surface area contributed by atoms with Gasteiger partial charge >= 0.3 is 0 Å². The van der Waals surface area contributed by atoms with Crippen molar-refractivity contribution in [2.24, 2.45) is 5.73 Å². The van der Waals surface area contributed by atoms with E-state index in [1.807, 2.05) is 6.07 Å². The molecule has 0 fully saturated rings. The second-order valence-corrected chi connectivity index (χ2v) is 1.91. The summed E-state index contributed by atoms with van der Waals surface area (Å²) in [7, 11) is 0. The highest BCUT2D eigenvalue weighted by Gasteiger charge is 1.96. The number of halogens is 1. The lowest BCUT2D eigenvalue weighted by Crippen LogP contribution is -2.17. The van der Waals surface area contributed by atoms with Crippen LogP contribution in [-0.2, 0) is 0 Å². The Balaban J connectivity index is 0. The van der Waals surface area contributed by atoms with E-state index in [1.165, 1.54) is 0 Å². The van der Waals surface area contributed by atoms with Gasteiger partial charge in [-0.3, -0.25) is 0 Å². The third kappa shape index (κ3) is 7.74. The number of hydrogen-bond acceptors (Lipinski definition) is 2. The maximum Gasteiger partial charge on any atom is 0.0638 e. The predicted octanol–water partition coefficient (Wildman–Crippen LogP) is 1.45. The van der Waals surface area contributed by atoms with Gasteiger partial charge in [0.05, 0.1) is 12.5 Å². The highest BCUT2D eigenvalue weighted by Crippen LogP contribution is 1.95. The monoisotopic (exact) mass is 148 g/mol. The maximum atomic E-state index is 8.13. The molecule has 0 aliphatic heterocycles. The Kier molecular flexibility index (Phi) is 9.91. The Labute approximate surface area is 62.4 Å². The molecule has 0 aliphatic carbocycles. The fourth-order valence-corrected chi connectivity index (χ4v) is 0.590. The van der Waals surface area contributed by atoms with Crippen molar-refractivity contribution in [3.05, 3.63) is 0 Å². The fourth-order valence-electron chi connectivity index (χ4n) is 0.590. The van der Waals surface area contributed by atoms with E-state index in [1.54, 1.807) is 0 Å². The molecule has 0 aliphatic rings. The summed E-state index contributed by atoms with van der Waals surface area (Å²) in [4.78, 5) is 0. The summed E-state index contributed by atoms with van der Waals surface area (Å²) in [6.45, 7) is 2.07. The zero-order valence-corrected chi connectivity index (χ0v) is 6.45. The minimum atomic E-state index is 0. The van der Waals surface area contributed by atoms with Crippen LogP contribution in [0.15, 0.2) is 0 Å². The van der Waals surface area contributed by atoms with Gasteiger partial charge in [-0.15, -0.1) is 12.4 Å². The minimum Gasteiger partial charge on any atom is -0.327 e. The zero-order chi connectivity index (χ0) is 6.41. The maximum absolute atomic E-state index is 8.13. The van der Waals surface area contributed by atoms with Crippen LogP contribution in [0.5, 0.6) is 0 Å². The van der Waals surface area contributed by atoms with Crippen LogP contribution in [0.3, 0.4) is 0 Å². The van der Waals surface area contributed by atoms with Gasteiger partial charge in [0.1, 0.15) is 0 Å². The molecule has 0 radical (unpaired) electrons. The first kappa shape index (κ1) is 11.5. The first-order valence-corrected chi connectivity index (χ1v) is 2.93. The minimum absolute atomic E-state index is 0. The lowest BCUT2D eigenvalue weighted by atomic mass is 10.1. The van der Waals surface area contributed by atoms with E-state index in [-0.39, 0.29) is 18.4 Å². The molecule has 0 aromatic heterocycles. The molecule has 1 atom stereocenters. The number of nitrogens with two attached hydrogens (primary N) is 1. The second-order valence-electron chi connectivity index (χ2n) is 1.91. The number of nitriles is 1. The topological polar surface area (TPSA) is 49.8 Å². The first-order valence-electron chi connectivity index (χ1n) is 2.93. The molecule has 0 heterocycles. The summed E-state index contributed by atoms with van der Waals surface area (Å²) in [6.07, 6.45) is 2.53. The van der Waals surface area contributed by atoms with E-state index < -0.39 is 0 Å². The van der Waals surface area contributed by atoms with Gasteiger partial charge in [0.15, 0.2) is 0 Å². The lowest BCUT2D eigenvalue weighted by Gasteiger charge is -2.01. The van der Waals surface area contributed by atoms with Crippen LogP contribution >= 0.6 is 12.4 Å². The molecule has 1 unspecified atom stereocenters. The number of nitrogens with zero attached hydrogens (tertiary/aromatic N) is 1. The normalized spacial score (nSPS) is 11.2. The van der Waals surface area contributed by atoms with Crippen molar-refractivity contribution >= 4 is 12.4 Å². The smallest absolute Gasteiger partial charge is 0.0638 e. The molecule has 9 heavy (non-hydrogen) atoms. The van der Waals surface area contributed by atoms with Crippen LogP contribution in [0.25, 0.3) is 0 Å². The first-order chi connectivity index (χ1) is 3.81. The molecule has 2 nitrogen and oxygen atoms in total. The van der Waals surface area contributed by atoms with Crippen LogP contribution in [0.2, 0.25) is 0 Å². The largest absolute Gasteiger partial charge is 0.327 e. The van der Waals surface area contributed by atoms with Crippen LogP contribution in [0.1, 0.15) is 26.2 Å². The van der Waals surface area contributed by atoms with Gasteiger partial charge in [0, 0.05) is 6.04 Å². The Morgan fingerprint density at radius 2 is 2.22 bits per heavy atom. The Bertz CT molecular complexity index is 87.5. The van der Waals surface area contributed by atoms with Crippen molar-refractivity contribution in [3.8, 4) is 6.07 Å². The van der Waals surface area contributed by atoms with Gasteiger partial charge < -0.3 is 5.73 Å². The van der Waals surface area contributed by atoms with E-state index in [4.69, 9.17) is 11.0 Å². The van der Waals surface area contributed by atoms with E-state index in [2.05, 4.69) is 6.92 Å². The summed E-state index contributed by atoms with van der Waals surface area (Å²) in [5.41, 5.74) is 5.47. The van der Waals surface area contributed by atoms with Crippen molar-refractivity contribution < 1.29 is 0 Å². The zero-order valence-electron chi connectivity index (χ0n) is 5.63. The van der Waals surface area contributed by atoms with Gasteiger partial charge in [-0.1, -0.05) is 13.3 Å². The molecular weight excluding hydrogens is 136 g/mol. The quantitative estimate of drug-likeness (QED) is 0.659. The number of hydrogen-bond donors (Lipinski definition) is 1. The van der Waals surface area contributed by atoms with Crippen molar-refractivity contribution in [2.45, 2.75) is 32.2 Å². The molecular formula is C6H13ClN2. The standard InChI is InChI=1S/C6H12N2.ClH/c1-2-3-6(8)4-5-7;/h6H,2-4,8H2,1H3;1H. The summed E-state index contributed by atoms with van der Waals surface area (Å²) in [6, 6.07) is 2.13. The van der Waals surface area contributed by atoms with E-state index in [0.717, 1.165) is 12.8 Å². The van der Waals surface area contributed by atoms with Crippen LogP contribution in [0, 0.1) is 11.3 Å². The Morgan fingerprint density at radius 3 is 2.56 bits per heavy atom. The van der Waals surface area contributed by atoms with E-state index in [0.29, 0.717) is 6.42 Å². The third-order valence-corrected chi connectivity index (χ3v) is 1.01. The molecule has 0 saturated heterocycles. The Hall–Kier alpha value is -0.260. The molecule has 0 bridgehead atoms. The molecule has 3 heteroatoms. The van der Waals surface area contributed by atoms with Crippen molar-refractivity contribution in [2.75, 3.05) is 0 Å². The van der Waals surface area contributed by atoms with Gasteiger partial charge in [0.2, 0.25) is 0 Å². The molecule has 0 spiro atoms. The van der Waals surface area contributed by atoms with Crippen molar-refractivity contribution in [1.29, 1.82) is 5.26 Å². The third-order valence-electron chi connectivity index (χ3n) is 1.01. The molecule has 0 aromatic rings. The van der Waals surface area contributed by atoms with E-state index in [9.17, 15) is 0 Å². The average Bonchev–Trinajstić information content (AvgIpc) is 1.68. The average molecular weight is 149 g/mol. The van der Waals surface area contributed by atoms with Crippen LogP contribution < -0.4 is 5.73 Å². The van der Waals surface area contributed by atoms with Crippen LogP contribution in [-0.4, -0.2) is 6.04 Å². The fraction of sp³-hybridized carbons (Fsp3) is 0.833. The second kappa shape index (κ2) is 7.74. The molecule has 0 rings (SSSR count). The Morgan fingerprint density at radius 1 is 1.67 bits per heavy atom. The molecule has 54 valence electrons. The summed E-state index contributed by atoms with van der Waals surface area (Å²) in [5, 5.41) is 8.13. The lowest BCUT2D eigenvalue weighted by molar-refractivity contribution is 0.615. The molecule has 0 amide bonds.